The number of aromatic nitrogens is 3. The number of amides is 3. The highest BCUT2D eigenvalue weighted by molar-refractivity contribution is 6.05. The van der Waals surface area contributed by atoms with E-state index in [1.165, 1.54) is 0 Å². The summed E-state index contributed by atoms with van der Waals surface area (Å²) in [6, 6.07) is 5.59. The first-order valence-electron chi connectivity index (χ1n) is 11.2. The Morgan fingerprint density at radius 2 is 1.94 bits per heavy atom. The molecule has 0 radical (unpaired) electrons. The summed E-state index contributed by atoms with van der Waals surface area (Å²) in [5, 5.41) is 17.6. The summed E-state index contributed by atoms with van der Waals surface area (Å²) >= 11 is 0. The van der Waals surface area contributed by atoms with Gasteiger partial charge < -0.3 is 15.5 Å². The first kappa shape index (κ1) is 20.8. The number of rotatable bonds is 6. The fourth-order valence-corrected chi connectivity index (χ4v) is 4.81. The van der Waals surface area contributed by atoms with E-state index in [0.717, 1.165) is 42.8 Å². The molecule has 1 atom stereocenters. The quantitative estimate of drug-likeness (QED) is 0.554. The van der Waals surface area contributed by atoms with Gasteiger partial charge in [0.2, 0.25) is 11.8 Å². The number of nitrogens with one attached hydrogen (secondary N) is 3. The summed E-state index contributed by atoms with van der Waals surface area (Å²) in [6.07, 6.45) is 4.72. The molecular weight excluding hydrogens is 410 g/mol. The first-order chi connectivity index (χ1) is 15.6. The number of benzene rings is 1. The van der Waals surface area contributed by atoms with Gasteiger partial charge in [-0.25, -0.2) is 4.68 Å². The maximum atomic E-state index is 13.2. The van der Waals surface area contributed by atoms with Crippen molar-refractivity contribution in [3.05, 3.63) is 46.8 Å². The number of hydrogen-bond acceptors (Lipinski definition) is 7. The van der Waals surface area contributed by atoms with E-state index in [-0.39, 0.29) is 24.1 Å². The molecule has 0 saturated carbocycles. The van der Waals surface area contributed by atoms with E-state index in [0.29, 0.717) is 37.7 Å². The van der Waals surface area contributed by atoms with Crippen molar-refractivity contribution >= 4 is 17.7 Å². The van der Waals surface area contributed by atoms with Gasteiger partial charge in [0.15, 0.2) is 0 Å². The van der Waals surface area contributed by atoms with Crippen molar-refractivity contribution in [2.24, 2.45) is 0 Å². The van der Waals surface area contributed by atoms with Gasteiger partial charge in [-0.3, -0.25) is 19.7 Å². The fourth-order valence-electron chi connectivity index (χ4n) is 4.81. The van der Waals surface area contributed by atoms with E-state index < -0.39 is 6.04 Å². The van der Waals surface area contributed by atoms with Crippen LogP contribution in [0.25, 0.3) is 0 Å². The number of carbonyl (C=O) groups excluding carboxylic acids is 3. The molecule has 168 valence electrons. The van der Waals surface area contributed by atoms with E-state index in [2.05, 4.69) is 26.3 Å². The van der Waals surface area contributed by atoms with Crippen molar-refractivity contribution in [1.29, 1.82) is 0 Å². The Labute approximate surface area is 185 Å². The Bertz CT molecular complexity index is 1040. The molecule has 2 fully saturated rings. The molecule has 32 heavy (non-hydrogen) atoms. The minimum Gasteiger partial charge on any atom is -0.322 e. The minimum absolute atomic E-state index is 0.149. The van der Waals surface area contributed by atoms with Crippen LogP contribution in [0.2, 0.25) is 0 Å². The number of nitrogens with zero attached hydrogens (tertiary/aromatic N) is 4. The predicted molar refractivity (Wildman–Crippen MR) is 114 cm³/mol. The standard InChI is InChI=1S/C22H27N7O3/c30-19-5-4-18(21(31)25-19)28-12-15-3-1-2-14(20(15)22(28)32)10-24-11-16-13-29(27-26-16)17-6-8-23-9-7-17/h1-3,13,17-18,23-24H,4-12H2,(H,25,30,31). The fraction of sp³-hybridized carbons (Fsp3) is 0.500. The topological polar surface area (TPSA) is 121 Å². The third-order valence-corrected chi connectivity index (χ3v) is 6.50. The molecule has 2 aromatic rings. The summed E-state index contributed by atoms with van der Waals surface area (Å²) in [4.78, 5) is 38.5. The molecule has 0 aliphatic carbocycles. The van der Waals surface area contributed by atoms with Gasteiger partial charge in [-0.05, 0) is 43.5 Å². The normalized spacial score (nSPS) is 21.7. The third-order valence-electron chi connectivity index (χ3n) is 6.50. The molecule has 3 N–H and O–H groups in total. The monoisotopic (exact) mass is 437 g/mol. The average Bonchev–Trinajstić information content (AvgIpc) is 3.40. The third kappa shape index (κ3) is 4.03. The largest absolute Gasteiger partial charge is 0.322 e. The van der Waals surface area contributed by atoms with Crippen LogP contribution in [-0.2, 0) is 29.2 Å². The van der Waals surface area contributed by atoms with Crippen molar-refractivity contribution in [3.63, 3.8) is 0 Å². The van der Waals surface area contributed by atoms with Gasteiger partial charge in [0, 0.05) is 31.6 Å². The Kier molecular flexibility index (Phi) is 5.71. The minimum atomic E-state index is -0.599. The van der Waals surface area contributed by atoms with E-state index in [1.54, 1.807) is 4.90 Å². The Balaban J connectivity index is 1.22. The molecule has 1 aromatic heterocycles. The van der Waals surface area contributed by atoms with Gasteiger partial charge in [0.05, 0.1) is 17.9 Å². The lowest BCUT2D eigenvalue weighted by Crippen LogP contribution is -2.52. The summed E-state index contributed by atoms with van der Waals surface area (Å²) in [5.41, 5.74) is 3.33. The van der Waals surface area contributed by atoms with E-state index in [1.807, 2.05) is 29.1 Å². The van der Waals surface area contributed by atoms with Crippen molar-refractivity contribution in [1.82, 2.24) is 35.8 Å². The second kappa shape index (κ2) is 8.79. The molecule has 4 heterocycles. The zero-order chi connectivity index (χ0) is 22.1. The molecule has 0 bridgehead atoms. The molecule has 1 aromatic carbocycles. The van der Waals surface area contributed by atoms with Gasteiger partial charge in [-0.1, -0.05) is 23.4 Å². The van der Waals surface area contributed by atoms with Crippen LogP contribution in [0.5, 0.6) is 0 Å². The number of imide groups is 1. The highest BCUT2D eigenvalue weighted by Gasteiger charge is 2.39. The number of carbonyl (C=O) groups is 3. The van der Waals surface area contributed by atoms with Crippen LogP contribution in [0, 0.1) is 0 Å². The van der Waals surface area contributed by atoms with Crippen molar-refractivity contribution < 1.29 is 14.4 Å². The average molecular weight is 438 g/mol. The van der Waals surface area contributed by atoms with Crippen molar-refractivity contribution in [2.75, 3.05) is 13.1 Å². The summed E-state index contributed by atoms with van der Waals surface area (Å²) < 4.78 is 1.96. The maximum Gasteiger partial charge on any atom is 0.255 e. The molecule has 3 aliphatic heterocycles. The second-order valence-corrected chi connectivity index (χ2v) is 8.63. The lowest BCUT2D eigenvalue weighted by molar-refractivity contribution is -0.136. The van der Waals surface area contributed by atoms with Gasteiger partial charge >= 0.3 is 0 Å². The van der Waals surface area contributed by atoms with Crippen LogP contribution in [0.15, 0.2) is 24.4 Å². The molecule has 2 saturated heterocycles. The number of hydrogen-bond donors (Lipinski definition) is 3. The van der Waals surface area contributed by atoms with Gasteiger partial charge in [-0.15, -0.1) is 5.10 Å². The zero-order valence-electron chi connectivity index (χ0n) is 17.8. The predicted octanol–water partition coefficient (Wildman–Crippen LogP) is 0.253. The van der Waals surface area contributed by atoms with Gasteiger partial charge in [0.25, 0.3) is 5.91 Å². The van der Waals surface area contributed by atoms with E-state index in [4.69, 9.17) is 0 Å². The van der Waals surface area contributed by atoms with Crippen LogP contribution in [-0.4, -0.2) is 56.7 Å². The molecule has 10 heteroatoms. The number of fused-ring (bicyclic) bond motifs is 1. The molecule has 0 spiro atoms. The van der Waals surface area contributed by atoms with Gasteiger partial charge in [-0.2, -0.15) is 0 Å². The lowest BCUT2D eigenvalue weighted by atomic mass is 10.0. The zero-order valence-corrected chi connectivity index (χ0v) is 17.8. The molecule has 1 unspecified atom stereocenters. The molecule has 10 nitrogen and oxygen atoms in total. The van der Waals surface area contributed by atoms with E-state index in [9.17, 15) is 14.4 Å². The Hall–Kier alpha value is -3.11. The van der Waals surface area contributed by atoms with Crippen LogP contribution in [0.1, 0.15) is 58.9 Å². The van der Waals surface area contributed by atoms with Crippen LogP contribution in [0.4, 0.5) is 0 Å². The molecule has 3 aliphatic rings. The highest BCUT2D eigenvalue weighted by Crippen LogP contribution is 2.29. The second-order valence-electron chi connectivity index (χ2n) is 8.63. The molecular formula is C22H27N7O3. The first-order valence-corrected chi connectivity index (χ1v) is 11.2. The maximum absolute atomic E-state index is 13.2. The van der Waals surface area contributed by atoms with Gasteiger partial charge in [0.1, 0.15) is 6.04 Å². The van der Waals surface area contributed by atoms with Crippen LogP contribution < -0.4 is 16.0 Å². The summed E-state index contributed by atoms with van der Waals surface area (Å²) in [5.74, 6) is -0.819. The lowest BCUT2D eigenvalue weighted by Gasteiger charge is -2.29. The summed E-state index contributed by atoms with van der Waals surface area (Å²) in [6.45, 7) is 3.46. The van der Waals surface area contributed by atoms with Crippen LogP contribution >= 0.6 is 0 Å². The van der Waals surface area contributed by atoms with Crippen molar-refractivity contribution in [3.8, 4) is 0 Å². The van der Waals surface area contributed by atoms with E-state index >= 15 is 0 Å². The highest BCUT2D eigenvalue weighted by atomic mass is 16.2. The SMILES string of the molecule is O=C1CCC(N2Cc3cccc(CNCc4cn(C5CCNCC5)nn4)c3C2=O)C(=O)N1. The molecule has 3 amide bonds. The summed E-state index contributed by atoms with van der Waals surface area (Å²) in [7, 11) is 0. The molecule has 5 rings (SSSR count). The number of piperidine rings is 2. The smallest absolute Gasteiger partial charge is 0.255 e. The Morgan fingerprint density at radius 1 is 1.09 bits per heavy atom. The Morgan fingerprint density at radius 3 is 2.75 bits per heavy atom. The van der Waals surface area contributed by atoms with Crippen molar-refractivity contribution in [2.45, 2.75) is 57.4 Å². The van der Waals surface area contributed by atoms with Crippen LogP contribution in [0.3, 0.4) is 0 Å².